The van der Waals surface area contributed by atoms with E-state index in [1.54, 1.807) is 12.1 Å². The van der Waals surface area contributed by atoms with E-state index in [1.807, 2.05) is 13.8 Å². The van der Waals surface area contributed by atoms with Gasteiger partial charge in [0.2, 0.25) is 11.7 Å². The van der Waals surface area contributed by atoms with Crippen molar-refractivity contribution in [3.8, 4) is 23.7 Å². The van der Waals surface area contributed by atoms with Gasteiger partial charge in [-0.25, -0.2) is 4.39 Å². The van der Waals surface area contributed by atoms with Crippen LogP contribution < -0.4 is 5.32 Å². The number of aromatic nitrogens is 4. The SMILES string of the molecule is C#CC(CC)(CC)NC(=O)Cn1nnc(-c2ccc(F)cc2)n1. The molecule has 0 bridgehead atoms. The highest BCUT2D eigenvalue weighted by Gasteiger charge is 2.25. The Kier molecular flexibility index (Phi) is 5.06. The van der Waals surface area contributed by atoms with Crippen molar-refractivity contribution in [2.45, 2.75) is 38.8 Å². The van der Waals surface area contributed by atoms with E-state index in [9.17, 15) is 9.18 Å². The summed E-state index contributed by atoms with van der Waals surface area (Å²) >= 11 is 0. The molecule has 0 atom stereocenters. The largest absolute Gasteiger partial charge is 0.338 e. The second-order valence-electron chi connectivity index (χ2n) is 5.13. The van der Waals surface area contributed by atoms with E-state index in [1.165, 1.54) is 16.9 Å². The number of tetrazole rings is 1. The number of hydrogen-bond donors (Lipinski definition) is 1. The average molecular weight is 315 g/mol. The summed E-state index contributed by atoms with van der Waals surface area (Å²) in [5, 5.41) is 14.6. The quantitative estimate of drug-likeness (QED) is 0.825. The van der Waals surface area contributed by atoms with E-state index in [-0.39, 0.29) is 18.3 Å². The number of nitrogens with one attached hydrogen (secondary N) is 1. The number of rotatable bonds is 6. The number of amides is 1. The molecule has 1 amide bonds. The van der Waals surface area contributed by atoms with Gasteiger partial charge in [-0.1, -0.05) is 19.8 Å². The highest BCUT2D eigenvalue weighted by Crippen LogP contribution is 2.15. The lowest BCUT2D eigenvalue weighted by Crippen LogP contribution is -2.47. The van der Waals surface area contributed by atoms with Crippen molar-refractivity contribution in [2.24, 2.45) is 0 Å². The van der Waals surface area contributed by atoms with Gasteiger partial charge in [0.15, 0.2) is 0 Å². The van der Waals surface area contributed by atoms with Crippen LogP contribution in [0.15, 0.2) is 24.3 Å². The van der Waals surface area contributed by atoms with Crippen molar-refractivity contribution in [3.63, 3.8) is 0 Å². The Morgan fingerprint density at radius 2 is 2.00 bits per heavy atom. The fraction of sp³-hybridized carbons (Fsp3) is 0.375. The molecule has 2 rings (SSSR count). The Morgan fingerprint density at radius 1 is 1.35 bits per heavy atom. The molecule has 0 saturated heterocycles. The van der Waals surface area contributed by atoms with Crippen molar-refractivity contribution in [1.29, 1.82) is 0 Å². The number of hydrogen-bond acceptors (Lipinski definition) is 4. The predicted molar refractivity (Wildman–Crippen MR) is 83.5 cm³/mol. The molecule has 0 aliphatic heterocycles. The Morgan fingerprint density at radius 3 is 2.57 bits per heavy atom. The summed E-state index contributed by atoms with van der Waals surface area (Å²) in [5.74, 6) is 2.34. The number of halogens is 1. The van der Waals surface area contributed by atoms with Crippen LogP contribution in [0.25, 0.3) is 11.4 Å². The topological polar surface area (TPSA) is 72.7 Å². The fourth-order valence-corrected chi connectivity index (χ4v) is 2.13. The third kappa shape index (κ3) is 3.92. The van der Waals surface area contributed by atoms with Crippen molar-refractivity contribution < 1.29 is 9.18 Å². The van der Waals surface area contributed by atoms with E-state index in [0.29, 0.717) is 24.2 Å². The third-order valence-corrected chi connectivity index (χ3v) is 3.70. The number of terminal acetylenes is 1. The molecular formula is C16H18FN5O. The lowest BCUT2D eigenvalue weighted by molar-refractivity contribution is -0.123. The normalized spacial score (nSPS) is 11.0. The molecule has 6 nitrogen and oxygen atoms in total. The van der Waals surface area contributed by atoms with Crippen LogP contribution in [0.1, 0.15) is 26.7 Å². The van der Waals surface area contributed by atoms with Gasteiger partial charge in [-0.15, -0.1) is 16.6 Å². The first-order valence-electron chi connectivity index (χ1n) is 7.34. The highest BCUT2D eigenvalue weighted by molar-refractivity contribution is 5.77. The van der Waals surface area contributed by atoms with Crippen LogP contribution >= 0.6 is 0 Å². The van der Waals surface area contributed by atoms with Gasteiger partial charge < -0.3 is 5.32 Å². The number of carbonyl (C=O) groups is 1. The Bertz CT molecular complexity index is 713. The number of benzene rings is 1. The van der Waals surface area contributed by atoms with E-state index in [4.69, 9.17) is 6.42 Å². The first-order chi connectivity index (χ1) is 11.0. The van der Waals surface area contributed by atoms with Crippen LogP contribution in [0.4, 0.5) is 4.39 Å². The molecule has 120 valence electrons. The van der Waals surface area contributed by atoms with Gasteiger partial charge >= 0.3 is 0 Å². The lowest BCUT2D eigenvalue weighted by Gasteiger charge is -2.26. The maximum Gasteiger partial charge on any atom is 0.244 e. The van der Waals surface area contributed by atoms with E-state index in [0.717, 1.165) is 0 Å². The van der Waals surface area contributed by atoms with Crippen molar-refractivity contribution in [2.75, 3.05) is 0 Å². The van der Waals surface area contributed by atoms with Crippen LogP contribution in [0.2, 0.25) is 0 Å². The van der Waals surface area contributed by atoms with Gasteiger partial charge in [0, 0.05) is 5.56 Å². The van der Waals surface area contributed by atoms with Gasteiger partial charge in [0.25, 0.3) is 0 Å². The van der Waals surface area contributed by atoms with Crippen molar-refractivity contribution >= 4 is 5.91 Å². The molecule has 2 aromatic rings. The molecular weight excluding hydrogens is 297 g/mol. The van der Waals surface area contributed by atoms with Gasteiger partial charge in [-0.2, -0.15) is 4.80 Å². The molecule has 0 fully saturated rings. The summed E-state index contributed by atoms with van der Waals surface area (Å²) in [5.41, 5.74) is -0.0320. The lowest BCUT2D eigenvalue weighted by atomic mass is 9.94. The van der Waals surface area contributed by atoms with Crippen molar-refractivity contribution in [1.82, 2.24) is 25.5 Å². The first kappa shape index (κ1) is 16.6. The summed E-state index contributed by atoms with van der Waals surface area (Å²) in [6, 6.07) is 5.72. The third-order valence-electron chi connectivity index (χ3n) is 3.70. The Balaban J connectivity index is 2.06. The Labute approximate surface area is 134 Å². The molecule has 0 spiro atoms. The number of carbonyl (C=O) groups excluding carboxylic acids is 1. The van der Waals surface area contributed by atoms with E-state index < -0.39 is 5.54 Å². The zero-order valence-electron chi connectivity index (χ0n) is 13.1. The maximum absolute atomic E-state index is 12.9. The van der Waals surface area contributed by atoms with Crippen LogP contribution in [0, 0.1) is 18.2 Å². The summed E-state index contributed by atoms with van der Waals surface area (Å²) in [6.45, 7) is 3.76. The van der Waals surface area contributed by atoms with Crippen LogP contribution in [-0.4, -0.2) is 31.7 Å². The Hall–Kier alpha value is -2.75. The molecule has 0 aliphatic rings. The summed E-state index contributed by atoms with van der Waals surface area (Å²) in [4.78, 5) is 13.3. The van der Waals surface area contributed by atoms with E-state index in [2.05, 4.69) is 26.6 Å². The minimum atomic E-state index is -0.655. The molecule has 1 heterocycles. The summed E-state index contributed by atoms with van der Waals surface area (Å²) < 4.78 is 12.9. The molecule has 0 radical (unpaired) electrons. The first-order valence-corrected chi connectivity index (χ1v) is 7.34. The second-order valence-corrected chi connectivity index (χ2v) is 5.13. The van der Waals surface area contributed by atoms with Gasteiger partial charge in [0.1, 0.15) is 17.9 Å². The van der Waals surface area contributed by atoms with Gasteiger partial charge in [-0.3, -0.25) is 4.79 Å². The molecule has 23 heavy (non-hydrogen) atoms. The zero-order valence-corrected chi connectivity index (χ0v) is 13.1. The van der Waals surface area contributed by atoms with E-state index >= 15 is 0 Å². The maximum atomic E-state index is 12.9. The highest BCUT2D eigenvalue weighted by atomic mass is 19.1. The molecule has 7 heteroatoms. The minimum Gasteiger partial charge on any atom is -0.338 e. The van der Waals surface area contributed by atoms with Gasteiger partial charge in [-0.05, 0) is 42.3 Å². The van der Waals surface area contributed by atoms with Crippen LogP contribution in [0.5, 0.6) is 0 Å². The number of nitrogens with zero attached hydrogens (tertiary/aromatic N) is 4. The predicted octanol–water partition coefficient (Wildman–Crippen LogP) is 1.79. The summed E-state index contributed by atoms with van der Waals surface area (Å²) in [7, 11) is 0. The molecule has 0 aliphatic carbocycles. The monoisotopic (exact) mass is 315 g/mol. The molecule has 0 unspecified atom stereocenters. The minimum absolute atomic E-state index is 0.0857. The van der Waals surface area contributed by atoms with Crippen LogP contribution in [-0.2, 0) is 11.3 Å². The average Bonchev–Trinajstić information content (AvgIpc) is 3.02. The molecule has 1 N–H and O–H groups in total. The zero-order chi connectivity index (χ0) is 16.9. The second kappa shape index (κ2) is 7.01. The van der Waals surface area contributed by atoms with Crippen LogP contribution in [0.3, 0.4) is 0 Å². The smallest absolute Gasteiger partial charge is 0.244 e. The van der Waals surface area contributed by atoms with Gasteiger partial charge in [0.05, 0.1) is 0 Å². The fourth-order valence-electron chi connectivity index (χ4n) is 2.13. The van der Waals surface area contributed by atoms with Crippen molar-refractivity contribution in [3.05, 3.63) is 30.1 Å². The summed E-state index contributed by atoms with van der Waals surface area (Å²) in [6.07, 6.45) is 6.79. The molecule has 1 aromatic carbocycles. The standard InChI is InChI=1S/C16H18FN5O/c1-4-16(5-2,6-3)18-14(23)11-22-20-15(19-21-22)12-7-9-13(17)10-8-12/h1,7-10H,5-6,11H2,2-3H3,(H,18,23). The molecule has 0 saturated carbocycles. The molecule has 1 aromatic heterocycles.